The highest BCUT2D eigenvalue weighted by Crippen LogP contribution is 2.31. The van der Waals surface area contributed by atoms with E-state index >= 15 is 0 Å². The summed E-state index contributed by atoms with van der Waals surface area (Å²) in [6.45, 7) is 0. The standard InChI is InChI=1S/C13H14Cl2N2O/c14-9-6-11(16)12(7-10(9)15)17-13(18)8-4-2-1-3-5-8/h4,6-7H,1-3,5,16H2,(H,17,18). The largest absolute Gasteiger partial charge is 0.397 e. The third kappa shape index (κ3) is 2.98. The first-order chi connectivity index (χ1) is 8.58. The van der Waals surface area contributed by atoms with Crippen molar-refractivity contribution < 1.29 is 4.79 Å². The summed E-state index contributed by atoms with van der Waals surface area (Å²) in [5, 5.41) is 3.53. The minimum atomic E-state index is -0.111. The van der Waals surface area contributed by atoms with Gasteiger partial charge < -0.3 is 11.1 Å². The molecule has 1 aromatic carbocycles. The third-order valence-corrected chi connectivity index (χ3v) is 3.65. The first-order valence-electron chi connectivity index (χ1n) is 5.83. The van der Waals surface area contributed by atoms with Gasteiger partial charge in [-0.15, -0.1) is 0 Å². The molecule has 0 saturated heterocycles. The Bertz CT molecular complexity index is 512. The molecule has 0 bridgehead atoms. The molecule has 2 rings (SSSR count). The summed E-state index contributed by atoms with van der Waals surface area (Å²) in [5.74, 6) is -0.111. The van der Waals surface area contributed by atoms with E-state index in [2.05, 4.69) is 5.32 Å². The molecule has 0 atom stereocenters. The van der Waals surface area contributed by atoms with Gasteiger partial charge in [-0.3, -0.25) is 4.79 Å². The summed E-state index contributed by atoms with van der Waals surface area (Å²) in [4.78, 5) is 12.0. The number of amides is 1. The fourth-order valence-electron chi connectivity index (χ4n) is 1.92. The maximum absolute atomic E-state index is 12.0. The Morgan fingerprint density at radius 2 is 1.94 bits per heavy atom. The van der Waals surface area contributed by atoms with Crippen molar-refractivity contribution in [1.29, 1.82) is 0 Å². The molecule has 0 aromatic heterocycles. The van der Waals surface area contributed by atoms with Gasteiger partial charge in [0.05, 0.1) is 21.4 Å². The number of hydrogen-bond acceptors (Lipinski definition) is 2. The lowest BCUT2D eigenvalue weighted by Crippen LogP contribution is -2.16. The highest BCUT2D eigenvalue weighted by Gasteiger charge is 2.14. The molecule has 1 aliphatic carbocycles. The molecule has 0 saturated carbocycles. The molecule has 96 valence electrons. The molecule has 0 fully saturated rings. The van der Waals surface area contributed by atoms with Crippen LogP contribution < -0.4 is 11.1 Å². The summed E-state index contributed by atoms with van der Waals surface area (Å²) in [6, 6.07) is 3.11. The van der Waals surface area contributed by atoms with Crippen molar-refractivity contribution in [3.8, 4) is 0 Å². The molecular formula is C13H14Cl2N2O. The monoisotopic (exact) mass is 284 g/mol. The van der Waals surface area contributed by atoms with Gasteiger partial charge in [-0.2, -0.15) is 0 Å². The zero-order valence-electron chi connectivity index (χ0n) is 9.80. The number of rotatable bonds is 2. The first kappa shape index (κ1) is 13.2. The fourth-order valence-corrected chi connectivity index (χ4v) is 2.25. The van der Waals surface area contributed by atoms with Crippen LogP contribution in [-0.2, 0) is 4.79 Å². The number of nitrogen functional groups attached to an aromatic ring is 1. The zero-order chi connectivity index (χ0) is 13.1. The van der Waals surface area contributed by atoms with Crippen molar-refractivity contribution in [2.45, 2.75) is 25.7 Å². The average molecular weight is 285 g/mol. The second-order valence-electron chi connectivity index (χ2n) is 4.28. The van der Waals surface area contributed by atoms with Crippen molar-refractivity contribution in [2.24, 2.45) is 0 Å². The van der Waals surface area contributed by atoms with Crippen LogP contribution in [0.4, 0.5) is 11.4 Å². The van der Waals surface area contributed by atoms with Crippen LogP contribution in [0.25, 0.3) is 0 Å². The lowest BCUT2D eigenvalue weighted by molar-refractivity contribution is -0.113. The Labute approximate surface area is 116 Å². The topological polar surface area (TPSA) is 55.1 Å². The Morgan fingerprint density at radius 1 is 1.22 bits per heavy atom. The van der Waals surface area contributed by atoms with Gasteiger partial charge in [0, 0.05) is 5.57 Å². The maximum atomic E-state index is 12.0. The van der Waals surface area contributed by atoms with Crippen molar-refractivity contribution in [3.05, 3.63) is 33.8 Å². The molecule has 1 amide bonds. The molecule has 3 nitrogen and oxygen atoms in total. The predicted molar refractivity (Wildman–Crippen MR) is 76.1 cm³/mol. The van der Waals surface area contributed by atoms with Crippen LogP contribution in [0.3, 0.4) is 0 Å². The van der Waals surface area contributed by atoms with E-state index in [9.17, 15) is 4.79 Å². The molecule has 5 heteroatoms. The second-order valence-corrected chi connectivity index (χ2v) is 5.10. The van der Waals surface area contributed by atoms with E-state index in [1.54, 1.807) is 6.07 Å². The lowest BCUT2D eigenvalue weighted by atomic mass is 9.99. The fraction of sp³-hybridized carbons (Fsp3) is 0.308. The van der Waals surface area contributed by atoms with Gasteiger partial charge in [0.25, 0.3) is 5.91 Å². The minimum Gasteiger partial charge on any atom is -0.397 e. The Morgan fingerprint density at radius 3 is 2.61 bits per heavy atom. The number of benzene rings is 1. The minimum absolute atomic E-state index is 0.111. The van der Waals surface area contributed by atoms with E-state index in [1.807, 2.05) is 6.08 Å². The third-order valence-electron chi connectivity index (χ3n) is 2.92. The normalized spacial score (nSPS) is 15.1. The molecule has 18 heavy (non-hydrogen) atoms. The van der Waals surface area contributed by atoms with Gasteiger partial charge in [-0.25, -0.2) is 0 Å². The Balaban J connectivity index is 2.16. The van der Waals surface area contributed by atoms with E-state index in [1.165, 1.54) is 6.07 Å². The van der Waals surface area contributed by atoms with E-state index in [0.29, 0.717) is 21.4 Å². The number of halogens is 2. The highest BCUT2D eigenvalue weighted by atomic mass is 35.5. The first-order valence-corrected chi connectivity index (χ1v) is 6.58. The van der Waals surface area contributed by atoms with Crippen molar-refractivity contribution in [1.82, 2.24) is 0 Å². The summed E-state index contributed by atoms with van der Waals surface area (Å²) in [5.41, 5.74) is 7.51. The van der Waals surface area contributed by atoms with Gasteiger partial charge in [0.2, 0.25) is 0 Å². The number of carbonyl (C=O) groups is 1. The van der Waals surface area contributed by atoms with Crippen molar-refractivity contribution in [2.75, 3.05) is 11.1 Å². The Kier molecular flexibility index (Phi) is 4.15. The summed E-state index contributed by atoms with van der Waals surface area (Å²) < 4.78 is 0. The van der Waals surface area contributed by atoms with Crippen LogP contribution in [0.2, 0.25) is 10.0 Å². The van der Waals surface area contributed by atoms with Crippen LogP contribution in [0.5, 0.6) is 0 Å². The lowest BCUT2D eigenvalue weighted by Gasteiger charge is -2.14. The SMILES string of the molecule is Nc1cc(Cl)c(Cl)cc1NC(=O)C1=CCCCC1. The highest BCUT2D eigenvalue weighted by molar-refractivity contribution is 6.42. The van der Waals surface area contributed by atoms with E-state index < -0.39 is 0 Å². The number of anilines is 2. The van der Waals surface area contributed by atoms with Crippen LogP contribution >= 0.6 is 23.2 Å². The molecule has 0 unspecified atom stereocenters. The van der Waals surface area contributed by atoms with Crippen molar-refractivity contribution >= 4 is 40.5 Å². The van der Waals surface area contributed by atoms with E-state index in [4.69, 9.17) is 28.9 Å². The van der Waals surface area contributed by atoms with Crippen LogP contribution in [0.1, 0.15) is 25.7 Å². The van der Waals surface area contributed by atoms with Gasteiger partial charge in [-0.05, 0) is 37.8 Å². The second kappa shape index (κ2) is 5.63. The van der Waals surface area contributed by atoms with Crippen LogP contribution in [0.15, 0.2) is 23.8 Å². The van der Waals surface area contributed by atoms with Crippen molar-refractivity contribution in [3.63, 3.8) is 0 Å². The zero-order valence-corrected chi connectivity index (χ0v) is 11.3. The number of hydrogen-bond donors (Lipinski definition) is 2. The molecule has 0 spiro atoms. The average Bonchev–Trinajstić information content (AvgIpc) is 2.37. The quantitative estimate of drug-likeness (QED) is 0.806. The van der Waals surface area contributed by atoms with E-state index in [0.717, 1.165) is 31.3 Å². The van der Waals surface area contributed by atoms with E-state index in [-0.39, 0.29) is 5.91 Å². The van der Waals surface area contributed by atoms with Gasteiger partial charge >= 0.3 is 0 Å². The van der Waals surface area contributed by atoms with Crippen LogP contribution in [-0.4, -0.2) is 5.91 Å². The maximum Gasteiger partial charge on any atom is 0.251 e. The molecule has 0 heterocycles. The van der Waals surface area contributed by atoms with Gasteiger partial charge in [0.15, 0.2) is 0 Å². The predicted octanol–water partition coefficient (Wildman–Crippen LogP) is 4.01. The van der Waals surface area contributed by atoms with Gasteiger partial charge in [-0.1, -0.05) is 29.3 Å². The number of allylic oxidation sites excluding steroid dienone is 1. The number of nitrogens with two attached hydrogens (primary N) is 1. The Hall–Kier alpha value is -1.19. The summed E-state index contributed by atoms with van der Waals surface area (Å²) in [7, 11) is 0. The number of nitrogens with one attached hydrogen (secondary N) is 1. The smallest absolute Gasteiger partial charge is 0.251 e. The summed E-state index contributed by atoms with van der Waals surface area (Å²) >= 11 is 11.7. The molecule has 0 aliphatic heterocycles. The molecule has 0 radical (unpaired) electrons. The summed E-state index contributed by atoms with van der Waals surface area (Å²) in [6.07, 6.45) is 5.95. The molecule has 3 N–H and O–H groups in total. The molecule has 1 aromatic rings. The van der Waals surface area contributed by atoms with Gasteiger partial charge in [0.1, 0.15) is 0 Å². The molecular weight excluding hydrogens is 271 g/mol. The number of carbonyl (C=O) groups excluding carboxylic acids is 1. The van der Waals surface area contributed by atoms with Crippen LogP contribution in [0, 0.1) is 0 Å². The molecule has 1 aliphatic rings.